The summed E-state index contributed by atoms with van der Waals surface area (Å²) in [6.07, 6.45) is 0.186. The summed E-state index contributed by atoms with van der Waals surface area (Å²) in [5.41, 5.74) is -0.284. The number of benzene rings is 4. The summed E-state index contributed by atoms with van der Waals surface area (Å²) in [4.78, 5) is 1.92. The lowest BCUT2D eigenvalue weighted by Crippen LogP contribution is -2.38. The van der Waals surface area contributed by atoms with Crippen molar-refractivity contribution in [3.8, 4) is 5.75 Å². The van der Waals surface area contributed by atoms with Crippen LogP contribution in [0.15, 0.2) is 78.9 Å². The second kappa shape index (κ2) is 10.3. The van der Waals surface area contributed by atoms with Crippen LogP contribution in [0.25, 0.3) is 10.8 Å². The third-order valence-electron chi connectivity index (χ3n) is 6.43. The van der Waals surface area contributed by atoms with E-state index in [1.165, 1.54) is 12.1 Å². The van der Waals surface area contributed by atoms with Crippen molar-refractivity contribution in [2.75, 3.05) is 27.7 Å². The van der Waals surface area contributed by atoms with E-state index in [1.807, 2.05) is 67.5 Å². The predicted molar refractivity (Wildman–Crippen MR) is 137 cm³/mol. The predicted octanol–water partition coefficient (Wildman–Crippen LogP) is 6.75. The minimum atomic E-state index is -1.73. The van der Waals surface area contributed by atoms with Crippen LogP contribution in [0.1, 0.15) is 29.0 Å². The van der Waals surface area contributed by atoms with Crippen LogP contribution in [0.5, 0.6) is 5.75 Å². The Balaban J connectivity index is 2.04. The van der Waals surface area contributed by atoms with E-state index in [9.17, 15) is 9.50 Å². The van der Waals surface area contributed by atoms with Gasteiger partial charge in [-0.2, -0.15) is 0 Å². The van der Waals surface area contributed by atoms with Gasteiger partial charge in [-0.3, -0.25) is 0 Å². The molecule has 0 radical (unpaired) electrons. The van der Waals surface area contributed by atoms with Crippen LogP contribution < -0.4 is 4.74 Å². The molecule has 4 aromatic rings. The number of hydrogen-bond acceptors (Lipinski definition) is 3. The molecule has 0 aliphatic heterocycles. The van der Waals surface area contributed by atoms with Crippen molar-refractivity contribution in [1.29, 1.82) is 0 Å². The fourth-order valence-corrected chi connectivity index (χ4v) is 4.80. The first-order valence-electron chi connectivity index (χ1n) is 11.4. The Labute approximate surface area is 209 Å². The molecule has 0 aromatic heterocycles. The fraction of sp³-hybridized carbons (Fsp3) is 0.241. The quantitative estimate of drug-likeness (QED) is 0.293. The van der Waals surface area contributed by atoms with Crippen molar-refractivity contribution in [3.05, 3.63) is 112 Å². The van der Waals surface area contributed by atoms with Gasteiger partial charge in [0.25, 0.3) is 0 Å². The van der Waals surface area contributed by atoms with Crippen molar-refractivity contribution < 1.29 is 18.6 Å². The Morgan fingerprint density at radius 1 is 0.943 bits per heavy atom. The van der Waals surface area contributed by atoms with Crippen LogP contribution >= 0.6 is 11.6 Å². The third kappa shape index (κ3) is 5.18. The highest BCUT2D eigenvalue weighted by atomic mass is 35.5. The van der Waals surface area contributed by atoms with E-state index in [0.29, 0.717) is 22.9 Å². The monoisotopic (exact) mass is 495 g/mol. The largest absolute Gasteiger partial charge is 0.496 e. The molecule has 0 aliphatic rings. The molecule has 3 nitrogen and oxygen atoms in total. The molecular weight excluding hydrogens is 468 g/mol. The lowest BCUT2D eigenvalue weighted by atomic mass is 9.71. The second-order valence-corrected chi connectivity index (χ2v) is 9.46. The van der Waals surface area contributed by atoms with E-state index in [1.54, 1.807) is 19.2 Å². The Hall–Kier alpha value is -2.99. The van der Waals surface area contributed by atoms with Gasteiger partial charge in [-0.1, -0.05) is 54.1 Å². The van der Waals surface area contributed by atoms with Crippen molar-refractivity contribution in [1.82, 2.24) is 4.90 Å². The topological polar surface area (TPSA) is 32.7 Å². The Morgan fingerprint density at radius 2 is 1.60 bits per heavy atom. The zero-order valence-corrected chi connectivity index (χ0v) is 20.7. The fourth-order valence-electron chi connectivity index (χ4n) is 4.68. The Bertz CT molecular complexity index is 1330. The van der Waals surface area contributed by atoms with Crippen LogP contribution in [0.2, 0.25) is 5.02 Å². The average molecular weight is 496 g/mol. The zero-order valence-electron chi connectivity index (χ0n) is 19.9. The normalized spacial score (nSPS) is 14.2. The maximum atomic E-state index is 15.3. The van der Waals surface area contributed by atoms with Gasteiger partial charge >= 0.3 is 0 Å². The smallest absolute Gasteiger partial charge is 0.132 e. The number of rotatable bonds is 8. The summed E-state index contributed by atoms with van der Waals surface area (Å²) in [5, 5.41) is 14.9. The zero-order chi connectivity index (χ0) is 25.2. The summed E-state index contributed by atoms with van der Waals surface area (Å²) in [6, 6.07) is 22.2. The molecule has 0 saturated carbocycles. The molecule has 0 amide bonds. The molecule has 6 heteroatoms. The maximum Gasteiger partial charge on any atom is 0.132 e. The van der Waals surface area contributed by atoms with E-state index >= 15 is 4.39 Å². The molecule has 0 heterocycles. The van der Waals surface area contributed by atoms with Crippen molar-refractivity contribution >= 4 is 22.4 Å². The molecule has 182 valence electrons. The molecule has 4 rings (SSSR count). The van der Waals surface area contributed by atoms with Crippen LogP contribution in [0.3, 0.4) is 0 Å². The molecule has 2 atom stereocenters. The molecular formula is C29H28ClF2NO2. The number of methoxy groups -OCH3 is 1. The van der Waals surface area contributed by atoms with E-state index in [2.05, 4.69) is 0 Å². The molecule has 2 unspecified atom stereocenters. The van der Waals surface area contributed by atoms with Crippen molar-refractivity contribution in [2.45, 2.75) is 17.9 Å². The first-order valence-corrected chi connectivity index (χ1v) is 11.8. The van der Waals surface area contributed by atoms with Gasteiger partial charge in [-0.25, -0.2) is 8.78 Å². The number of ether oxygens (including phenoxy) is 1. The van der Waals surface area contributed by atoms with Crippen LogP contribution in [-0.2, 0) is 5.60 Å². The van der Waals surface area contributed by atoms with Gasteiger partial charge in [-0.15, -0.1) is 0 Å². The van der Waals surface area contributed by atoms with Gasteiger partial charge in [0.2, 0.25) is 0 Å². The summed E-state index contributed by atoms with van der Waals surface area (Å²) in [6.45, 7) is 0.466. The molecule has 0 aliphatic carbocycles. The van der Waals surface area contributed by atoms with Crippen LogP contribution in [-0.4, -0.2) is 37.8 Å². The summed E-state index contributed by atoms with van der Waals surface area (Å²) < 4.78 is 34.9. The number of fused-ring (bicyclic) bond motifs is 1. The van der Waals surface area contributed by atoms with E-state index in [4.69, 9.17) is 16.3 Å². The summed E-state index contributed by atoms with van der Waals surface area (Å²) >= 11 is 6.18. The van der Waals surface area contributed by atoms with E-state index < -0.39 is 23.2 Å². The third-order valence-corrected chi connectivity index (χ3v) is 6.68. The molecule has 35 heavy (non-hydrogen) atoms. The second-order valence-electron chi connectivity index (χ2n) is 9.03. The lowest BCUT2D eigenvalue weighted by molar-refractivity contribution is 0.000696. The van der Waals surface area contributed by atoms with Crippen molar-refractivity contribution in [3.63, 3.8) is 0 Å². The number of aliphatic hydroxyl groups is 1. The van der Waals surface area contributed by atoms with E-state index in [-0.39, 0.29) is 12.0 Å². The maximum absolute atomic E-state index is 15.3. The Kier molecular flexibility index (Phi) is 7.41. The average Bonchev–Trinajstić information content (AvgIpc) is 2.83. The molecule has 0 saturated heterocycles. The van der Waals surface area contributed by atoms with Gasteiger partial charge in [0, 0.05) is 34.7 Å². The SMILES string of the molecule is COc1cc2ccccc2cc1C(c1ccc(Cl)cc1)C(O)(CCN(C)C)c1ccc(F)cc1F. The van der Waals surface area contributed by atoms with Crippen molar-refractivity contribution in [2.24, 2.45) is 0 Å². The summed E-state index contributed by atoms with van der Waals surface area (Å²) in [7, 11) is 5.34. The Morgan fingerprint density at radius 3 is 2.20 bits per heavy atom. The first kappa shape index (κ1) is 25.1. The molecule has 0 spiro atoms. The minimum Gasteiger partial charge on any atom is -0.496 e. The number of hydrogen-bond donors (Lipinski definition) is 1. The first-order chi connectivity index (χ1) is 16.7. The molecule has 4 aromatic carbocycles. The number of nitrogens with zero attached hydrogens (tertiary/aromatic N) is 1. The molecule has 0 fully saturated rings. The van der Waals surface area contributed by atoms with Crippen LogP contribution in [0, 0.1) is 11.6 Å². The molecule has 0 bridgehead atoms. The van der Waals surface area contributed by atoms with Gasteiger partial charge < -0.3 is 14.7 Å². The highest BCUT2D eigenvalue weighted by Crippen LogP contribution is 2.48. The van der Waals surface area contributed by atoms with Gasteiger partial charge in [0.05, 0.1) is 7.11 Å². The molecule has 1 N–H and O–H groups in total. The summed E-state index contributed by atoms with van der Waals surface area (Å²) in [5.74, 6) is -1.67. The van der Waals surface area contributed by atoms with Gasteiger partial charge in [0.15, 0.2) is 0 Å². The van der Waals surface area contributed by atoms with Crippen LogP contribution in [0.4, 0.5) is 8.78 Å². The minimum absolute atomic E-state index is 0.0240. The van der Waals surface area contributed by atoms with Gasteiger partial charge in [0.1, 0.15) is 23.0 Å². The number of halogens is 3. The highest BCUT2D eigenvalue weighted by molar-refractivity contribution is 6.30. The lowest BCUT2D eigenvalue weighted by Gasteiger charge is -2.39. The van der Waals surface area contributed by atoms with Gasteiger partial charge in [-0.05, 0) is 67.2 Å². The highest BCUT2D eigenvalue weighted by Gasteiger charge is 2.43. The standard InChI is InChI=1S/C29H28ClF2NO2/c1-33(2)15-14-29(34,25-13-12-23(31)18-26(25)32)28(19-8-10-22(30)11-9-19)24-16-20-6-4-5-7-21(20)17-27(24)35-3/h4-13,16-18,28,34H,14-15H2,1-3H3. The van der Waals surface area contributed by atoms with E-state index in [0.717, 1.165) is 22.4 Å².